The molecule has 0 aliphatic carbocycles. The first-order valence-corrected chi connectivity index (χ1v) is 8.93. The van der Waals surface area contributed by atoms with Crippen molar-refractivity contribution >= 4 is 11.8 Å². The Morgan fingerprint density at radius 3 is 2.60 bits per heavy atom. The van der Waals surface area contributed by atoms with Crippen LogP contribution in [-0.2, 0) is 19.7 Å². The van der Waals surface area contributed by atoms with Gasteiger partial charge in [-0.2, -0.15) is 0 Å². The smallest absolute Gasteiger partial charge is 0.225 e. The Labute approximate surface area is 147 Å². The van der Waals surface area contributed by atoms with Crippen LogP contribution in [-0.4, -0.2) is 49.6 Å². The zero-order valence-electron chi connectivity index (χ0n) is 14.6. The van der Waals surface area contributed by atoms with E-state index in [1.54, 1.807) is 17.0 Å². The maximum absolute atomic E-state index is 13.3. The molecule has 2 heterocycles. The highest BCUT2D eigenvalue weighted by atomic mass is 19.1. The minimum atomic E-state index is -0.280. The summed E-state index contributed by atoms with van der Waals surface area (Å²) in [6.07, 6.45) is 1.85. The molecule has 136 valence electrons. The van der Waals surface area contributed by atoms with Gasteiger partial charge in [0.05, 0.1) is 5.92 Å². The van der Waals surface area contributed by atoms with Gasteiger partial charge in [-0.3, -0.25) is 9.59 Å². The van der Waals surface area contributed by atoms with Crippen molar-refractivity contribution in [2.45, 2.75) is 31.6 Å². The first-order chi connectivity index (χ1) is 12.0. The van der Waals surface area contributed by atoms with Crippen molar-refractivity contribution < 1.29 is 18.7 Å². The van der Waals surface area contributed by atoms with Crippen LogP contribution in [0.3, 0.4) is 0 Å². The molecule has 0 radical (unpaired) electrons. The zero-order valence-corrected chi connectivity index (χ0v) is 14.6. The van der Waals surface area contributed by atoms with E-state index in [9.17, 15) is 14.0 Å². The minimum Gasteiger partial charge on any atom is -0.381 e. The third kappa shape index (κ3) is 3.84. The Morgan fingerprint density at radius 2 is 2.00 bits per heavy atom. The summed E-state index contributed by atoms with van der Waals surface area (Å²) in [6.45, 7) is 4.78. The molecular weight excluding hydrogens is 323 g/mol. The van der Waals surface area contributed by atoms with Crippen molar-refractivity contribution in [1.29, 1.82) is 0 Å². The number of likely N-dealkylation sites (tertiary alicyclic amines) is 1. The molecule has 3 rings (SSSR count). The van der Waals surface area contributed by atoms with Gasteiger partial charge in [-0.05, 0) is 37.5 Å². The summed E-state index contributed by atoms with van der Waals surface area (Å²) >= 11 is 0. The minimum absolute atomic E-state index is 0.0435. The van der Waals surface area contributed by atoms with E-state index in [0.717, 1.165) is 18.4 Å². The van der Waals surface area contributed by atoms with Crippen molar-refractivity contribution in [3.63, 3.8) is 0 Å². The summed E-state index contributed by atoms with van der Waals surface area (Å²) in [5.74, 6) is -0.573. The average Bonchev–Trinajstić information content (AvgIpc) is 3.02. The van der Waals surface area contributed by atoms with Gasteiger partial charge in [0, 0.05) is 44.7 Å². The van der Waals surface area contributed by atoms with Gasteiger partial charge in [0.2, 0.25) is 11.8 Å². The van der Waals surface area contributed by atoms with E-state index in [4.69, 9.17) is 4.74 Å². The van der Waals surface area contributed by atoms with Crippen molar-refractivity contribution in [2.24, 2.45) is 5.92 Å². The molecule has 1 atom stereocenters. The van der Waals surface area contributed by atoms with Gasteiger partial charge < -0.3 is 15.0 Å². The van der Waals surface area contributed by atoms with Crippen molar-refractivity contribution in [3.8, 4) is 0 Å². The van der Waals surface area contributed by atoms with Gasteiger partial charge in [0.1, 0.15) is 5.82 Å². The van der Waals surface area contributed by atoms with Crippen LogP contribution in [0, 0.1) is 11.7 Å². The fourth-order valence-electron chi connectivity index (χ4n) is 3.79. The Hall–Kier alpha value is -1.95. The highest BCUT2D eigenvalue weighted by Gasteiger charge is 2.37. The van der Waals surface area contributed by atoms with Gasteiger partial charge in [-0.15, -0.1) is 0 Å². The van der Waals surface area contributed by atoms with E-state index in [1.807, 2.05) is 6.92 Å². The van der Waals surface area contributed by atoms with Gasteiger partial charge >= 0.3 is 0 Å². The fraction of sp³-hybridized carbons (Fsp3) is 0.579. The molecule has 2 aliphatic rings. The van der Waals surface area contributed by atoms with Crippen LogP contribution < -0.4 is 5.32 Å². The summed E-state index contributed by atoms with van der Waals surface area (Å²) in [6, 6.07) is 6.52. The van der Waals surface area contributed by atoms with E-state index < -0.39 is 0 Å². The first-order valence-electron chi connectivity index (χ1n) is 8.93. The lowest BCUT2D eigenvalue weighted by atomic mass is 9.74. The molecule has 2 aliphatic heterocycles. The number of hydrogen-bond acceptors (Lipinski definition) is 3. The van der Waals surface area contributed by atoms with Crippen molar-refractivity contribution in [2.75, 3.05) is 32.8 Å². The molecule has 2 amide bonds. The van der Waals surface area contributed by atoms with Crippen molar-refractivity contribution in [1.82, 2.24) is 10.2 Å². The van der Waals surface area contributed by atoms with Crippen LogP contribution in [0.25, 0.3) is 0 Å². The molecule has 0 saturated carbocycles. The van der Waals surface area contributed by atoms with Crippen LogP contribution >= 0.6 is 0 Å². The molecule has 1 aromatic rings. The van der Waals surface area contributed by atoms with Crippen LogP contribution in [0.5, 0.6) is 0 Å². The highest BCUT2D eigenvalue weighted by molar-refractivity contribution is 5.89. The summed E-state index contributed by atoms with van der Waals surface area (Å²) < 4.78 is 18.8. The van der Waals surface area contributed by atoms with E-state index in [1.165, 1.54) is 12.1 Å². The van der Waals surface area contributed by atoms with E-state index in [-0.39, 0.29) is 35.4 Å². The zero-order chi connectivity index (χ0) is 17.9. The number of ether oxygens (including phenoxy) is 1. The largest absolute Gasteiger partial charge is 0.381 e. The average molecular weight is 348 g/mol. The number of nitrogens with zero attached hydrogens (tertiary/aromatic N) is 1. The second-order valence-electron chi connectivity index (χ2n) is 6.95. The first kappa shape index (κ1) is 17.9. The quantitative estimate of drug-likeness (QED) is 0.884. The Balaban J connectivity index is 1.68. The number of carbonyl (C=O) groups excluding carboxylic acids is 2. The standard InChI is InChI=1S/C19H25FN2O3/c1-2-22-12-14(11-17(22)23)18(24)21-13-19(7-9-25-10-8-19)15-3-5-16(20)6-4-15/h3-6,14H,2,7-13H2,1H3,(H,21,24). The van der Waals surface area contributed by atoms with Gasteiger partial charge in [0.15, 0.2) is 0 Å². The summed E-state index contributed by atoms with van der Waals surface area (Å²) in [7, 11) is 0. The Bertz CT molecular complexity index is 626. The second kappa shape index (κ2) is 7.52. The number of amides is 2. The third-order valence-corrected chi connectivity index (χ3v) is 5.47. The van der Waals surface area contributed by atoms with Gasteiger partial charge in [0.25, 0.3) is 0 Å². The SMILES string of the molecule is CCN1CC(C(=O)NCC2(c3ccc(F)cc3)CCOCC2)CC1=O. The second-order valence-corrected chi connectivity index (χ2v) is 6.95. The number of rotatable bonds is 5. The number of carbonyl (C=O) groups is 2. The molecule has 5 nitrogen and oxygen atoms in total. The molecule has 6 heteroatoms. The molecule has 1 unspecified atom stereocenters. The lowest BCUT2D eigenvalue weighted by Gasteiger charge is -2.38. The molecule has 2 fully saturated rings. The van der Waals surface area contributed by atoms with Crippen LogP contribution in [0.2, 0.25) is 0 Å². The predicted octanol–water partition coefficient (Wildman–Crippen LogP) is 1.86. The number of halogens is 1. The molecule has 0 bridgehead atoms. The lowest BCUT2D eigenvalue weighted by Crippen LogP contribution is -2.46. The normalized spacial score (nSPS) is 22.9. The lowest BCUT2D eigenvalue weighted by molar-refractivity contribution is -0.129. The summed E-state index contributed by atoms with van der Waals surface area (Å²) in [5, 5.41) is 3.05. The molecule has 0 aromatic heterocycles. The monoisotopic (exact) mass is 348 g/mol. The number of nitrogens with one attached hydrogen (secondary N) is 1. The molecule has 1 N–H and O–H groups in total. The molecule has 2 saturated heterocycles. The van der Waals surface area contributed by atoms with E-state index >= 15 is 0 Å². The molecule has 25 heavy (non-hydrogen) atoms. The van der Waals surface area contributed by atoms with Gasteiger partial charge in [-0.1, -0.05) is 12.1 Å². The number of benzene rings is 1. The third-order valence-electron chi connectivity index (χ3n) is 5.47. The maximum Gasteiger partial charge on any atom is 0.225 e. The van der Waals surface area contributed by atoms with Gasteiger partial charge in [-0.25, -0.2) is 4.39 Å². The Kier molecular flexibility index (Phi) is 5.37. The molecule has 1 aromatic carbocycles. The highest BCUT2D eigenvalue weighted by Crippen LogP contribution is 2.34. The fourth-order valence-corrected chi connectivity index (χ4v) is 3.79. The van der Waals surface area contributed by atoms with Crippen molar-refractivity contribution in [3.05, 3.63) is 35.6 Å². The topological polar surface area (TPSA) is 58.6 Å². The maximum atomic E-state index is 13.3. The van der Waals surface area contributed by atoms with E-state index in [0.29, 0.717) is 32.8 Å². The predicted molar refractivity (Wildman–Crippen MR) is 91.5 cm³/mol. The van der Waals surface area contributed by atoms with Crippen LogP contribution in [0.1, 0.15) is 31.7 Å². The molecular formula is C19H25FN2O3. The summed E-state index contributed by atoms with van der Waals surface area (Å²) in [5.41, 5.74) is 0.782. The van der Waals surface area contributed by atoms with Crippen LogP contribution in [0.4, 0.5) is 4.39 Å². The van der Waals surface area contributed by atoms with E-state index in [2.05, 4.69) is 5.32 Å². The molecule has 0 spiro atoms. The Morgan fingerprint density at radius 1 is 1.32 bits per heavy atom. The number of hydrogen-bond donors (Lipinski definition) is 1. The summed E-state index contributed by atoms with van der Waals surface area (Å²) in [4.78, 5) is 26.1. The van der Waals surface area contributed by atoms with Crippen LogP contribution in [0.15, 0.2) is 24.3 Å².